The summed E-state index contributed by atoms with van der Waals surface area (Å²) in [6, 6.07) is 12.8. The zero-order valence-electron chi connectivity index (χ0n) is 15.8. The number of imide groups is 1. The summed E-state index contributed by atoms with van der Waals surface area (Å²) in [5.74, 6) is -0.341. The van der Waals surface area contributed by atoms with E-state index in [-0.39, 0.29) is 5.56 Å². The molecule has 1 fully saturated rings. The highest BCUT2D eigenvalue weighted by molar-refractivity contribution is 6.09. The quantitative estimate of drug-likeness (QED) is 0.746. The number of hydrazine groups is 1. The molecular weight excluding hydrogens is 362 g/mol. The Labute approximate surface area is 162 Å². The molecule has 2 aromatic rings. The molecule has 1 atom stereocenters. The second-order valence-electron chi connectivity index (χ2n) is 6.21. The van der Waals surface area contributed by atoms with Gasteiger partial charge in [-0.1, -0.05) is 37.3 Å². The van der Waals surface area contributed by atoms with E-state index in [0.717, 1.165) is 5.01 Å². The standard InChI is InChI=1S/C20H21N3O5/c1-4-20(14-8-6-5-7-9-14)18(25)23(19(26)21-20)22-17(24)13-10-11-15(27-2)16(12-13)28-3/h5-12H,4H2,1-3H3,(H,21,26)(H,22,24)/t20-/m1/s1. The third-order valence-electron chi connectivity index (χ3n) is 4.75. The fourth-order valence-corrected chi connectivity index (χ4v) is 3.18. The van der Waals surface area contributed by atoms with Crippen molar-refractivity contribution < 1.29 is 23.9 Å². The molecule has 0 unspecified atom stereocenters. The normalized spacial score (nSPS) is 18.6. The van der Waals surface area contributed by atoms with Crippen LogP contribution in [0, 0.1) is 0 Å². The van der Waals surface area contributed by atoms with Gasteiger partial charge in [-0.3, -0.25) is 15.0 Å². The fourth-order valence-electron chi connectivity index (χ4n) is 3.18. The molecule has 1 heterocycles. The van der Waals surface area contributed by atoms with E-state index in [2.05, 4.69) is 10.7 Å². The maximum Gasteiger partial charge on any atom is 0.344 e. The monoisotopic (exact) mass is 383 g/mol. The smallest absolute Gasteiger partial charge is 0.344 e. The Morgan fingerprint density at radius 2 is 1.75 bits per heavy atom. The zero-order chi connectivity index (χ0) is 20.3. The number of carbonyl (C=O) groups is 3. The number of nitrogens with one attached hydrogen (secondary N) is 2. The predicted octanol–water partition coefficient (Wildman–Crippen LogP) is 2.21. The van der Waals surface area contributed by atoms with E-state index in [9.17, 15) is 14.4 Å². The second-order valence-corrected chi connectivity index (χ2v) is 6.21. The molecule has 1 aliphatic heterocycles. The molecule has 2 N–H and O–H groups in total. The molecule has 2 aromatic carbocycles. The molecule has 8 heteroatoms. The molecule has 0 bridgehead atoms. The van der Waals surface area contributed by atoms with Crippen LogP contribution < -0.4 is 20.2 Å². The molecule has 8 nitrogen and oxygen atoms in total. The summed E-state index contributed by atoms with van der Waals surface area (Å²) in [6.45, 7) is 1.80. The van der Waals surface area contributed by atoms with Gasteiger partial charge in [0, 0.05) is 5.56 Å². The number of hydrogen-bond donors (Lipinski definition) is 2. The van der Waals surface area contributed by atoms with Gasteiger partial charge in [0.25, 0.3) is 11.8 Å². The van der Waals surface area contributed by atoms with Crippen molar-refractivity contribution in [1.82, 2.24) is 15.8 Å². The third-order valence-corrected chi connectivity index (χ3v) is 4.75. The highest BCUT2D eigenvalue weighted by Crippen LogP contribution is 2.32. The zero-order valence-corrected chi connectivity index (χ0v) is 15.8. The Bertz CT molecular complexity index is 915. The molecule has 1 aliphatic rings. The summed E-state index contributed by atoms with van der Waals surface area (Å²) in [4.78, 5) is 38.1. The topological polar surface area (TPSA) is 97.0 Å². The van der Waals surface area contributed by atoms with Crippen molar-refractivity contribution in [2.45, 2.75) is 18.9 Å². The van der Waals surface area contributed by atoms with Crippen LogP contribution in [-0.2, 0) is 10.3 Å². The Hall–Kier alpha value is -3.55. The lowest BCUT2D eigenvalue weighted by molar-refractivity contribution is -0.133. The lowest BCUT2D eigenvalue weighted by atomic mass is 9.87. The van der Waals surface area contributed by atoms with E-state index in [1.165, 1.54) is 26.4 Å². The van der Waals surface area contributed by atoms with Crippen molar-refractivity contribution in [3.63, 3.8) is 0 Å². The molecule has 0 spiro atoms. The maximum absolute atomic E-state index is 13.0. The minimum absolute atomic E-state index is 0.215. The minimum Gasteiger partial charge on any atom is -0.493 e. The second kappa shape index (κ2) is 7.59. The average Bonchev–Trinajstić information content (AvgIpc) is 2.98. The van der Waals surface area contributed by atoms with Crippen LogP contribution in [0.2, 0.25) is 0 Å². The van der Waals surface area contributed by atoms with Gasteiger partial charge < -0.3 is 14.8 Å². The van der Waals surface area contributed by atoms with E-state index in [4.69, 9.17) is 9.47 Å². The molecule has 0 saturated carbocycles. The van der Waals surface area contributed by atoms with Gasteiger partial charge in [0.2, 0.25) is 0 Å². The Morgan fingerprint density at radius 3 is 2.36 bits per heavy atom. The van der Waals surface area contributed by atoms with Gasteiger partial charge in [-0.2, -0.15) is 5.01 Å². The van der Waals surface area contributed by atoms with Crippen LogP contribution in [0.5, 0.6) is 11.5 Å². The van der Waals surface area contributed by atoms with Crippen LogP contribution in [0.15, 0.2) is 48.5 Å². The van der Waals surface area contributed by atoms with E-state index in [0.29, 0.717) is 23.5 Å². The van der Waals surface area contributed by atoms with Gasteiger partial charge in [0.05, 0.1) is 14.2 Å². The van der Waals surface area contributed by atoms with Crippen LogP contribution in [0.3, 0.4) is 0 Å². The molecule has 0 radical (unpaired) electrons. The molecule has 28 heavy (non-hydrogen) atoms. The largest absolute Gasteiger partial charge is 0.493 e. The summed E-state index contributed by atoms with van der Waals surface area (Å²) < 4.78 is 10.3. The number of hydrogen-bond acceptors (Lipinski definition) is 5. The highest BCUT2D eigenvalue weighted by atomic mass is 16.5. The van der Waals surface area contributed by atoms with Gasteiger partial charge in [-0.05, 0) is 30.2 Å². The number of carbonyl (C=O) groups excluding carboxylic acids is 3. The lowest BCUT2D eigenvalue weighted by Gasteiger charge is -2.25. The summed E-state index contributed by atoms with van der Waals surface area (Å²) in [5, 5.41) is 3.43. The molecule has 4 amide bonds. The number of rotatable bonds is 6. The number of amides is 4. The van der Waals surface area contributed by atoms with Gasteiger partial charge in [-0.15, -0.1) is 0 Å². The van der Waals surface area contributed by atoms with E-state index < -0.39 is 23.4 Å². The first kappa shape index (κ1) is 19.2. The van der Waals surface area contributed by atoms with Crippen LogP contribution >= 0.6 is 0 Å². The first-order chi connectivity index (χ1) is 13.5. The molecule has 0 aliphatic carbocycles. The highest BCUT2D eigenvalue weighted by Gasteiger charge is 2.52. The Morgan fingerprint density at radius 1 is 1.07 bits per heavy atom. The predicted molar refractivity (Wildman–Crippen MR) is 101 cm³/mol. The van der Waals surface area contributed by atoms with Gasteiger partial charge in [-0.25, -0.2) is 4.79 Å². The van der Waals surface area contributed by atoms with Crippen molar-refractivity contribution in [2.24, 2.45) is 0 Å². The van der Waals surface area contributed by atoms with Crippen LogP contribution in [0.4, 0.5) is 4.79 Å². The van der Waals surface area contributed by atoms with Crippen molar-refractivity contribution >= 4 is 17.8 Å². The van der Waals surface area contributed by atoms with Crippen molar-refractivity contribution in [2.75, 3.05) is 14.2 Å². The van der Waals surface area contributed by atoms with Crippen LogP contribution in [-0.4, -0.2) is 37.1 Å². The SMILES string of the molecule is CC[C@]1(c2ccccc2)NC(=O)N(NC(=O)c2ccc(OC)c(OC)c2)C1=O. The van der Waals surface area contributed by atoms with E-state index in [1.807, 2.05) is 6.07 Å². The van der Waals surface area contributed by atoms with Gasteiger partial charge in [0.15, 0.2) is 11.5 Å². The molecular formula is C20H21N3O5. The molecule has 0 aromatic heterocycles. The average molecular weight is 383 g/mol. The van der Waals surface area contributed by atoms with Crippen LogP contribution in [0.25, 0.3) is 0 Å². The van der Waals surface area contributed by atoms with Gasteiger partial charge in [0.1, 0.15) is 5.54 Å². The fraction of sp³-hybridized carbons (Fsp3) is 0.250. The first-order valence-electron chi connectivity index (χ1n) is 8.72. The number of nitrogens with zero attached hydrogens (tertiary/aromatic N) is 1. The number of benzene rings is 2. The summed E-state index contributed by atoms with van der Waals surface area (Å²) >= 11 is 0. The molecule has 1 saturated heterocycles. The van der Waals surface area contributed by atoms with Crippen molar-refractivity contribution in [3.8, 4) is 11.5 Å². The minimum atomic E-state index is -1.22. The van der Waals surface area contributed by atoms with Crippen molar-refractivity contribution in [3.05, 3.63) is 59.7 Å². The lowest BCUT2D eigenvalue weighted by Crippen LogP contribution is -2.48. The number of ether oxygens (including phenoxy) is 2. The Kier molecular flexibility index (Phi) is 5.21. The molecule has 146 valence electrons. The van der Waals surface area contributed by atoms with E-state index in [1.54, 1.807) is 37.3 Å². The van der Waals surface area contributed by atoms with Gasteiger partial charge >= 0.3 is 6.03 Å². The summed E-state index contributed by atoms with van der Waals surface area (Å²) in [5.41, 5.74) is 2.03. The summed E-state index contributed by atoms with van der Waals surface area (Å²) in [7, 11) is 2.94. The van der Waals surface area contributed by atoms with Crippen molar-refractivity contribution in [1.29, 1.82) is 0 Å². The third kappa shape index (κ3) is 3.13. The number of urea groups is 1. The maximum atomic E-state index is 13.0. The molecule has 3 rings (SSSR count). The van der Waals surface area contributed by atoms with E-state index >= 15 is 0 Å². The number of methoxy groups -OCH3 is 2. The van der Waals surface area contributed by atoms with Crippen LogP contribution in [0.1, 0.15) is 29.3 Å². The summed E-state index contributed by atoms with van der Waals surface area (Å²) in [6.07, 6.45) is 0.338. The Balaban J connectivity index is 1.86. The first-order valence-corrected chi connectivity index (χ1v) is 8.72.